The summed E-state index contributed by atoms with van der Waals surface area (Å²) in [6.07, 6.45) is 1.36. The van der Waals surface area contributed by atoms with Crippen LogP contribution in [0.2, 0.25) is 0 Å². The van der Waals surface area contributed by atoms with Crippen LogP contribution >= 0.6 is 15.9 Å². The minimum Gasteiger partial charge on any atom is -0.465 e. The second-order valence-electron chi connectivity index (χ2n) is 3.64. The summed E-state index contributed by atoms with van der Waals surface area (Å²) in [7, 11) is 0. The van der Waals surface area contributed by atoms with Crippen LogP contribution in [-0.4, -0.2) is 22.1 Å². The lowest BCUT2D eigenvalue weighted by Crippen LogP contribution is -2.25. The van der Waals surface area contributed by atoms with Gasteiger partial charge in [-0.25, -0.2) is 4.98 Å². The number of benzene rings is 1. The molecule has 0 bridgehead atoms. The molecular formula is C12H11BrN2O3. The molecule has 2 aromatic rings. The van der Waals surface area contributed by atoms with Gasteiger partial charge in [-0.15, -0.1) is 0 Å². The summed E-state index contributed by atoms with van der Waals surface area (Å²) in [5, 5.41) is 0.469. The highest BCUT2D eigenvalue weighted by molar-refractivity contribution is 9.10. The smallest absolute Gasteiger partial charge is 0.326 e. The van der Waals surface area contributed by atoms with Crippen LogP contribution in [0.5, 0.6) is 0 Å². The summed E-state index contributed by atoms with van der Waals surface area (Å²) in [6, 6.07) is 5.24. The van der Waals surface area contributed by atoms with Gasteiger partial charge in [-0.2, -0.15) is 0 Å². The molecule has 0 atom stereocenters. The van der Waals surface area contributed by atoms with Crippen LogP contribution in [-0.2, 0) is 16.1 Å². The predicted molar refractivity (Wildman–Crippen MR) is 70.3 cm³/mol. The van der Waals surface area contributed by atoms with Gasteiger partial charge in [0.15, 0.2) is 0 Å². The third kappa shape index (κ3) is 2.59. The molecule has 0 radical (unpaired) electrons. The molecule has 0 unspecified atom stereocenters. The monoisotopic (exact) mass is 310 g/mol. The van der Waals surface area contributed by atoms with Crippen LogP contribution in [0.25, 0.3) is 10.9 Å². The van der Waals surface area contributed by atoms with Gasteiger partial charge in [0.1, 0.15) is 6.54 Å². The zero-order valence-corrected chi connectivity index (χ0v) is 11.3. The largest absolute Gasteiger partial charge is 0.465 e. The Balaban J connectivity index is 2.44. The highest BCUT2D eigenvalue weighted by atomic mass is 79.9. The lowest BCUT2D eigenvalue weighted by atomic mass is 10.2. The molecule has 1 aromatic carbocycles. The Morgan fingerprint density at radius 3 is 3.00 bits per heavy atom. The van der Waals surface area contributed by atoms with Crippen molar-refractivity contribution in [2.45, 2.75) is 13.5 Å². The van der Waals surface area contributed by atoms with E-state index in [9.17, 15) is 9.59 Å². The van der Waals surface area contributed by atoms with E-state index < -0.39 is 5.97 Å². The Labute approximate surface area is 112 Å². The topological polar surface area (TPSA) is 61.2 Å². The normalized spacial score (nSPS) is 10.6. The molecule has 2 rings (SSSR count). The molecule has 18 heavy (non-hydrogen) atoms. The molecule has 1 heterocycles. The Kier molecular flexibility index (Phi) is 3.76. The van der Waals surface area contributed by atoms with E-state index in [1.165, 1.54) is 10.9 Å². The summed E-state index contributed by atoms with van der Waals surface area (Å²) in [5.41, 5.74) is 0.345. The van der Waals surface area contributed by atoms with Crippen molar-refractivity contribution in [3.05, 3.63) is 39.4 Å². The fourth-order valence-corrected chi connectivity index (χ4v) is 1.95. The van der Waals surface area contributed by atoms with Crippen LogP contribution in [0, 0.1) is 0 Å². The van der Waals surface area contributed by atoms with Crippen molar-refractivity contribution < 1.29 is 9.53 Å². The van der Waals surface area contributed by atoms with Gasteiger partial charge in [0.2, 0.25) is 0 Å². The van der Waals surface area contributed by atoms with E-state index in [0.717, 1.165) is 4.47 Å². The van der Waals surface area contributed by atoms with Gasteiger partial charge in [-0.1, -0.05) is 15.9 Å². The van der Waals surface area contributed by atoms with E-state index in [1.807, 2.05) is 6.07 Å². The second kappa shape index (κ2) is 5.30. The van der Waals surface area contributed by atoms with E-state index in [0.29, 0.717) is 17.5 Å². The molecule has 94 valence electrons. The van der Waals surface area contributed by atoms with E-state index in [4.69, 9.17) is 4.74 Å². The van der Waals surface area contributed by atoms with Gasteiger partial charge in [0.25, 0.3) is 5.56 Å². The molecule has 0 saturated heterocycles. The van der Waals surface area contributed by atoms with Crippen LogP contribution in [0.3, 0.4) is 0 Å². The summed E-state index contributed by atoms with van der Waals surface area (Å²) >= 11 is 3.30. The number of hydrogen-bond donors (Lipinski definition) is 0. The van der Waals surface area contributed by atoms with Gasteiger partial charge < -0.3 is 4.74 Å². The van der Waals surface area contributed by atoms with E-state index in [1.54, 1.807) is 19.1 Å². The van der Waals surface area contributed by atoms with Crippen molar-refractivity contribution in [3.63, 3.8) is 0 Å². The standard InChI is InChI=1S/C12H11BrN2O3/c1-2-18-11(16)6-15-7-14-10-4-3-8(13)5-9(10)12(15)17/h3-5,7H,2,6H2,1H3. The van der Waals surface area contributed by atoms with Crippen molar-refractivity contribution in [3.8, 4) is 0 Å². The van der Waals surface area contributed by atoms with Crippen molar-refractivity contribution in [1.82, 2.24) is 9.55 Å². The maximum atomic E-state index is 12.1. The van der Waals surface area contributed by atoms with Crippen LogP contribution in [0.15, 0.2) is 33.8 Å². The number of aromatic nitrogens is 2. The van der Waals surface area contributed by atoms with Crippen molar-refractivity contribution >= 4 is 32.8 Å². The Morgan fingerprint density at radius 2 is 2.28 bits per heavy atom. The Bertz CT molecular complexity index is 651. The molecular weight excluding hydrogens is 300 g/mol. The molecule has 0 aliphatic rings. The molecule has 1 aromatic heterocycles. The fourth-order valence-electron chi connectivity index (χ4n) is 1.59. The molecule has 0 amide bonds. The van der Waals surface area contributed by atoms with Gasteiger partial charge in [-0.3, -0.25) is 14.2 Å². The van der Waals surface area contributed by atoms with Crippen LogP contribution in [0.1, 0.15) is 6.92 Å². The Hall–Kier alpha value is -1.69. The van der Waals surface area contributed by atoms with Gasteiger partial charge in [0.05, 0.1) is 23.8 Å². The van der Waals surface area contributed by atoms with Gasteiger partial charge in [-0.05, 0) is 25.1 Å². The van der Waals surface area contributed by atoms with Gasteiger partial charge >= 0.3 is 5.97 Å². The first-order chi connectivity index (χ1) is 8.61. The fraction of sp³-hybridized carbons (Fsp3) is 0.250. The molecule has 0 N–H and O–H groups in total. The molecule has 0 aliphatic carbocycles. The van der Waals surface area contributed by atoms with Crippen molar-refractivity contribution in [1.29, 1.82) is 0 Å². The van der Waals surface area contributed by atoms with E-state index >= 15 is 0 Å². The third-order valence-corrected chi connectivity index (χ3v) is 2.88. The Morgan fingerprint density at radius 1 is 1.50 bits per heavy atom. The number of carbonyl (C=O) groups is 1. The average molecular weight is 311 g/mol. The summed E-state index contributed by atoms with van der Waals surface area (Å²) in [5.74, 6) is -0.448. The first kappa shape index (κ1) is 12.8. The molecule has 0 fully saturated rings. The highest BCUT2D eigenvalue weighted by Crippen LogP contribution is 2.14. The van der Waals surface area contributed by atoms with Crippen molar-refractivity contribution in [2.24, 2.45) is 0 Å². The first-order valence-electron chi connectivity index (χ1n) is 5.42. The summed E-state index contributed by atoms with van der Waals surface area (Å²) in [4.78, 5) is 27.6. The first-order valence-corrected chi connectivity index (χ1v) is 6.21. The molecule has 0 spiro atoms. The number of rotatable bonds is 3. The van der Waals surface area contributed by atoms with E-state index in [2.05, 4.69) is 20.9 Å². The molecule has 0 saturated carbocycles. The number of carbonyl (C=O) groups excluding carboxylic acids is 1. The number of halogens is 1. The van der Waals surface area contributed by atoms with E-state index in [-0.39, 0.29) is 12.1 Å². The number of hydrogen-bond acceptors (Lipinski definition) is 4. The van der Waals surface area contributed by atoms with Gasteiger partial charge in [0, 0.05) is 4.47 Å². The zero-order valence-electron chi connectivity index (χ0n) is 9.72. The number of fused-ring (bicyclic) bond motifs is 1. The quantitative estimate of drug-likeness (QED) is 0.810. The predicted octanol–water partition coefficient (Wildman–Crippen LogP) is 1.72. The van der Waals surface area contributed by atoms with Crippen molar-refractivity contribution in [2.75, 3.05) is 6.61 Å². The summed E-state index contributed by atoms with van der Waals surface area (Å²) in [6.45, 7) is 1.89. The number of esters is 1. The second-order valence-corrected chi connectivity index (χ2v) is 4.56. The van der Waals surface area contributed by atoms with Crippen LogP contribution < -0.4 is 5.56 Å². The maximum absolute atomic E-state index is 12.1. The minimum atomic E-state index is -0.448. The highest BCUT2D eigenvalue weighted by Gasteiger charge is 2.08. The number of nitrogens with zero attached hydrogens (tertiary/aromatic N) is 2. The number of ether oxygens (including phenoxy) is 1. The zero-order chi connectivity index (χ0) is 13.1. The maximum Gasteiger partial charge on any atom is 0.326 e. The SMILES string of the molecule is CCOC(=O)Cn1cnc2ccc(Br)cc2c1=O. The van der Waals surface area contributed by atoms with Crippen LogP contribution in [0.4, 0.5) is 0 Å². The molecule has 6 heteroatoms. The molecule has 5 nitrogen and oxygen atoms in total. The minimum absolute atomic E-state index is 0.123. The average Bonchev–Trinajstić information content (AvgIpc) is 2.34. The third-order valence-electron chi connectivity index (χ3n) is 2.39. The summed E-state index contributed by atoms with van der Waals surface area (Å²) < 4.78 is 6.84. The lowest BCUT2D eigenvalue weighted by Gasteiger charge is -2.06. The lowest BCUT2D eigenvalue weighted by molar-refractivity contribution is -0.143. The molecule has 0 aliphatic heterocycles.